The first-order valence-corrected chi connectivity index (χ1v) is 7.49. The summed E-state index contributed by atoms with van der Waals surface area (Å²) in [6, 6.07) is 16.5. The molecule has 3 rings (SSSR count). The quantitative estimate of drug-likeness (QED) is 0.664. The van der Waals surface area contributed by atoms with Crippen LogP contribution in [0.4, 0.5) is 0 Å². The number of hydrogen-bond donors (Lipinski definition) is 0. The molecule has 2 aromatic carbocycles. The monoisotopic (exact) mass is 323 g/mol. The van der Waals surface area contributed by atoms with Crippen molar-refractivity contribution in [3.8, 4) is 17.1 Å². The van der Waals surface area contributed by atoms with Crippen molar-refractivity contribution in [3.63, 3.8) is 0 Å². The third-order valence-electron chi connectivity index (χ3n) is 3.52. The van der Waals surface area contributed by atoms with Gasteiger partial charge in [-0.25, -0.2) is 4.79 Å². The molecule has 0 unspecified atom stereocenters. The van der Waals surface area contributed by atoms with Gasteiger partial charge in [0.2, 0.25) is 0 Å². The van der Waals surface area contributed by atoms with Crippen molar-refractivity contribution < 1.29 is 18.8 Å². The van der Waals surface area contributed by atoms with Gasteiger partial charge >= 0.3 is 5.97 Å². The van der Waals surface area contributed by atoms with Crippen LogP contribution in [0.1, 0.15) is 21.6 Å². The van der Waals surface area contributed by atoms with Gasteiger partial charge < -0.3 is 14.0 Å². The second-order valence-corrected chi connectivity index (χ2v) is 5.36. The molecule has 0 radical (unpaired) electrons. The lowest BCUT2D eigenvalue weighted by Gasteiger charge is -2.03. The Labute approximate surface area is 139 Å². The van der Waals surface area contributed by atoms with Crippen LogP contribution in [-0.4, -0.2) is 18.2 Å². The van der Waals surface area contributed by atoms with E-state index in [0.717, 1.165) is 16.9 Å². The van der Waals surface area contributed by atoms with E-state index >= 15 is 0 Å². The van der Waals surface area contributed by atoms with E-state index in [1.54, 1.807) is 25.3 Å². The van der Waals surface area contributed by atoms with E-state index in [1.807, 2.05) is 43.3 Å². The minimum atomic E-state index is -0.385. The number of carbonyl (C=O) groups excluding carboxylic acids is 1. The minimum Gasteiger partial charge on any atom is -0.497 e. The third-order valence-corrected chi connectivity index (χ3v) is 3.52. The van der Waals surface area contributed by atoms with Crippen molar-refractivity contribution in [2.45, 2.75) is 13.5 Å². The van der Waals surface area contributed by atoms with Crippen LogP contribution in [-0.2, 0) is 11.3 Å². The van der Waals surface area contributed by atoms with E-state index in [1.165, 1.54) is 0 Å². The first-order chi connectivity index (χ1) is 11.7. The highest BCUT2D eigenvalue weighted by molar-refractivity contribution is 5.89. The van der Waals surface area contributed by atoms with Crippen molar-refractivity contribution in [3.05, 3.63) is 71.4 Å². The second kappa shape index (κ2) is 7.00. The van der Waals surface area contributed by atoms with Gasteiger partial charge in [-0.2, -0.15) is 0 Å². The van der Waals surface area contributed by atoms with Crippen LogP contribution < -0.4 is 4.74 Å². The third kappa shape index (κ3) is 3.63. The summed E-state index contributed by atoms with van der Waals surface area (Å²) < 4.78 is 15.8. The van der Waals surface area contributed by atoms with E-state index in [9.17, 15) is 4.79 Å². The molecule has 0 bridgehead atoms. The average Bonchev–Trinajstić information content (AvgIpc) is 3.09. The van der Waals surface area contributed by atoms with Gasteiger partial charge in [0.15, 0.2) is 5.76 Å². The maximum absolute atomic E-state index is 12.0. The van der Waals surface area contributed by atoms with Crippen molar-refractivity contribution in [2.75, 3.05) is 7.11 Å². The molecule has 0 N–H and O–H groups in total. The van der Waals surface area contributed by atoms with Gasteiger partial charge in [-0.15, -0.1) is 0 Å². The topological polar surface area (TPSA) is 61.6 Å². The molecule has 0 aliphatic heterocycles. The summed E-state index contributed by atoms with van der Waals surface area (Å²) in [6.07, 6.45) is 0. The van der Waals surface area contributed by atoms with Crippen molar-refractivity contribution in [1.82, 2.24) is 5.16 Å². The summed E-state index contributed by atoms with van der Waals surface area (Å²) >= 11 is 0. The second-order valence-electron chi connectivity index (χ2n) is 5.36. The molecule has 0 aliphatic carbocycles. The molecule has 0 aliphatic rings. The molecular weight excluding hydrogens is 306 g/mol. The van der Waals surface area contributed by atoms with E-state index < -0.39 is 0 Å². The molecule has 0 amide bonds. The van der Waals surface area contributed by atoms with Gasteiger partial charge in [-0.3, -0.25) is 0 Å². The standard InChI is InChI=1S/C19H17NO4/c1-13-5-3-7-15(9-13)19(21)23-12-16-11-18(24-20-16)14-6-4-8-17(10-14)22-2/h3-11H,12H2,1-2H3. The lowest BCUT2D eigenvalue weighted by atomic mass is 10.1. The normalized spacial score (nSPS) is 10.4. The van der Waals surface area contributed by atoms with Gasteiger partial charge in [-0.05, 0) is 31.2 Å². The van der Waals surface area contributed by atoms with Crippen LogP contribution in [0.15, 0.2) is 59.1 Å². The van der Waals surface area contributed by atoms with Crippen LogP contribution >= 0.6 is 0 Å². The van der Waals surface area contributed by atoms with Gasteiger partial charge in [0.1, 0.15) is 18.1 Å². The van der Waals surface area contributed by atoms with Gasteiger partial charge in [-0.1, -0.05) is 35.0 Å². The zero-order valence-electron chi connectivity index (χ0n) is 13.5. The van der Waals surface area contributed by atoms with Gasteiger partial charge in [0.05, 0.1) is 12.7 Å². The maximum atomic E-state index is 12.0. The average molecular weight is 323 g/mol. The van der Waals surface area contributed by atoms with Crippen LogP contribution in [0.5, 0.6) is 5.75 Å². The van der Waals surface area contributed by atoms with Crippen molar-refractivity contribution in [1.29, 1.82) is 0 Å². The summed E-state index contributed by atoms with van der Waals surface area (Å²) in [4.78, 5) is 12.0. The number of aromatic nitrogens is 1. The number of carbonyl (C=O) groups is 1. The molecule has 0 atom stereocenters. The summed E-state index contributed by atoms with van der Waals surface area (Å²) in [5, 5.41) is 3.94. The molecule has 24 heavy (non-hydrogen) atoms. The first kappa shape index (κ1) is 15.8. The molecule has 122 valence electrons. The summed E-state index contributed by atoms with van der Waals surface area (Å²) in [7, 11) is 1.61. The molecule has 0 saturated carbocycles. The number of ether oxygens (including phenoxy) is 2. The number of methoxy groups -OCH3 is 1. The maximum Gasteiger partial charge on any atom is 0.338 e. The molecule has 0 spiro atoms. The Morgan fingerprint density at radius 1 is 1.12 bits per heavy atom. The Morgan fingerprint density at radius 2 is 1.96 bits per heavy atom. The minimum absolute atomic E-state index is 0.0558. The van der Waals surface area contributed by atoms with Crippen LogP contribution in [0.2, 0.25) is 0 Å². The molecule has 5 heteroatoms. The van der Waals surface area contributed by atoms with Crippen molar-refractivity contribution >= 4 is 5.97 Å². The smallest absolute Gasteiger partial charge is 0.338 e. The van der Waals surface area contributed by atoms with Crippen molar-refractivity contribution in [2.24, 2.45) is 0 Å². The van der Waals surface area contributed by atoms with E-state index in [-0.39, 0.29) is 12.6 Å². The fourth-order valence-electron chi connectivity index (χ4n) is 2.29. The zero-order chi connectivity index (χ0) is 16.9. The fourth-order valence-corrected chi connectivity index (χ4v) is 2.29. The van der Waals surface area contributed by atoms with Crippen LogP contribution in [0.3, 0.4) is 0 Å². The van der Waals surface area contributed by atoms with E-state index in [2.05, 4.69) is 5.16 Å². The Bertz CT molecular complexity index is 854. The summed E-state index contributed by atoms with van der Waals surface area (Å²) in [5.74, 6) is 0.941. The fraction of sp³-hybridized carbons (Fsp3) is 0.158. The van der Waals surface area contributed by atoms with Gasteiger partial charge in [0.25, 0.3) is 0 Å². The highest BCUT2D eigenvalue weighted by Crippen LogP contribution is 2.24. The Hall–Kier alpha value is -3.08. The molecule has 0 fully saturated rings. The van der Waals surface area contributed by atoms with Crippen LogP contribution in [0, 0.1) is 6.92 Å². The van der Waals surface area contributed by atoms with E-state index in [0.29, 0.717) is 17.0 Å². The lowest BCUT2D eigenvalue weighted by Crippen LogP contribution is -2.05. The Balaban J connectivity index is 1.67. The predicted octanol–water partition coefficient (Wildman–Crippen LogP) is 4.02. The molecule has 5 nitrogen and oxygen atoms in total. The SMILES string of the molecule is COc1cccc(-c2cc(COC(=O)c3cccc(C)c3)no2)c1. The number of esters is 1. The van der Waals surface area contributed by atoms with E-state index in [4.69, 9.17) is 14.0 Å². The summed E-state index contributed by atoms with van der Waals surface area (Å²) in [5.41, 5.74) is 2.92. The lowest BCUT2D eigenvalue weighted by molar-refractivity contribution is 0.0464. The zero-order valence-corrected chi connectivity index (χ0v) is 13.5. The number of hydrogen-bond acceptors (Lipinski definition) is 5. The highest BCUT2D eigenvalue weighted by Gasteiger charge is 2.11. The predicted molar refractivity (Wildman–Crippen MR) is 88.8 cm³/mol. The first-order valence-electron chi connectivity index (χ1n) is 7.49. The molecule has 3 aromatic rings. The Morgan fingerprint density at radius 3 is 2.75 bits per heavy atom. The molecule has 0 saturated heterocycles. The Kier molecular flexibility index (Phi) is 4.61. The largest absolute Gasteiger partial charge is 0.497 e. The number of aryl methyl sites for hydroxylation is 1. The van der Waals surface area contributed by atoms with Crippen LogP contribution in [0.25, 0.3) is 11.3 Å². The number of rotatable bonds is 5. The summed E-state index contributed by atoms with van der Waals surface area (Å²) in [6.45, 7) is 1.98. The molecule has 1 aromatic heterocycles. The van der Waals surface area contributed by atoms with Gasteiger partial charge in [0, 0.05) is 11.6 Å². The molecule has 1 heterocycles. The number of nitrogens with zero attached hydrogens (tertiary/aromatic N) is 1. The molecular formula is C19H17NO4. The number of benzene rings is 2. The highest BCUT2D eigenvalue weighted by atomic mass is 16.5.